The molecule has 0 saturated heterocycles. The second-order valence-electron chi connectivity index (χ2n) is 7.12. The molecular weight excluding hydrogens is 318 g/mol. The van der Waals surface area contributed by atoms with E-state index in [4.69, 9.17) is 5.73 Å². The lowest BCUT2D eigenvalue weighted by Crippen LogP contribution is -2.58. The van der Waals surface area contributed by atoms with Gasteiger partial charge in [-0.1, -0.05) is 17.7 Å². The van der Waals surface area contributed by atoms with Crippen molar-refractivity contribution in [3.63, 3.8) is 0 Å². The maximum absolute atomic E-state index is 12.7. The van der Waals surface area contributed by atoms with Crippen LogP contribution in [0.2, 0.25) is 0 Å². The molecule has 5 N–H and O–H groups in total. The highest BCUT2D eigenvalue weighted by Gasteiger charge is 2.48. The van der Waals surface area contributed by atoms with E-state index in [2.05, 4.69) is 16.4 Å². The van der Waals surface area contributed by atoms with E-state index in [-0.39, 0.29) is 11.5 Å². The number of aromatic amines is 1. The number of rotatable bonds is 3. The number of hydrogen-bond donors (Lipinski definition) is 4. The third-order valence-electron chi connectivity index (χ3n) is 5.28. The van der Waals surface area contributed by atoms with Crippen LogP contribution in [0, 0.1) is 5.92 Å². The first-order valence-corrected chi connectivity index (χ1v) is 8.61. The number of nitrogens with two attached hydrogens (primary N) is 1. The molecule has 25 heavy (non-hydrogen) atoms. The summed E-state index contributed by atoms with van der Waals surface area (Å²) in [6, 6.07) is 2.27. The second-order valence-corrected chi connectivity index (χ2v) is 7.12. The Morgan fingerprint density at radius 1 is 1.52 bits per heavy atom. The van der Waals surface area contributed by atoms with Gasteiger partial charge in [0.1, 0.15) is 6.04 Å². The summed E-state index contributed by atoms with van der Waals surface area (Å²) < 4.78 is 0. The molecule has 2 bridgehead atoms. The normalized spacial score (nSPS) is 28.8. The summed E-state index contributed by atoms with van der Waals surface area (Å²) in [5.41, 5.74) is 8.99. The summed E-state index contributed by atoms with van der Waals surface area (Å²) in [4.78, 5) is 27.4. The van der Waals surface area contributed by atoms with Crippen molar-refractivity contribution in [1.29, 1.82) is 0 Å². The quantitative estimate of drug-likeness (QED) is 0.611. The smallest absolute Gasteiger partial charge is 0.248 e. The van der Waals surface area contributed by atoms with Crippen molar-refractivity contribution in [3.05, 3.63) is 57.0 Å². The summed E-state index contributed by atoms with van der Waals surface area (Å²) in [6.07, 6.45) is 4.60. The average molecular weight is 343 g/mol. The number of hydrogen-bond acceptors (Lipinski definition) is 4. The van der Waals surface area contributed by atoms with Crippen LogP contribution in [-0.2, 0) is 16.8 Å². The van der Waals surface area contributed by atoms with E-state index >= 15 is 0 Å². The molecule has 0 saturated carbocycles. The van der Waals surface area contributed by atoms with E-state index in [1.165, 1.54) is 18.6 Å². The van der Waals surface area contributed by atoms with Gasteiger partial charge >= 0.3 is 0 Å². The van der Waals surface area contributed by atoms with Crippen LogP contribution in [-0.4, -0.2) is 28.1 Å². The van der Waals surface area contributed by atoms with Gasteiger partial charge in [-0.15, -0.1) is 0 Å². The lowest BCUT2D eigenvalue weighted by molar-refractivity contribution is -0.126. The minimum absolute atomic E-state index is 0.118. The van der Waals surface area contributed by atoms with Crippen molar-refractivity contribution in [3.8, 4) is 0 Å². The monoisotopic (exact) mass is 343 g/mol. The number of aliphatic hydroxyl groups is 1. The summed E-state index contributed by atoms with van der Waals surface area (Å²) in [6.45, 7) is 5.51. The zero-order valence-electron chi connectivity index (χ0n) is 14.8. The highest BCUT2D eigenvalue weighted by Crippen LogP contribution is 2.49. The van der Waals surface area contributed by atoms with Crippen LogP contribution < -0.4 is 16.6 Å². The lowest BCUT2D eigenvalue weighted by Gasteiger charge is -2.48. The van der Waals surface area contributed by atoms with Crippen molar-refractivity contribution >= 4 is 5.91 Å². The van der Waals surface area contributed by atoms with E-state index in [0.29, 0.717) is 12.8 Å². The van der Waals surface area contributed by atoms with Crippen molar-refractivity contribution in [1.82, 2.24) is 10.3 Å². The molecule has 4 atom stereocenters. The van der Waals surface area contributed by atoms with Gasteiger partial charge in [-0.2, -0.15) is 0 Å². The summed E-state index contributed by atoms with van der Waals surface area (Å²) in [5.74, 6) is -0.283. The van der Waals surface area contributed by atoms with E-state index in [1.807, 2.05) is 19.9 Å². The van der Waals surface area contributed by atoms with Crippen molar-refractivity contribution < 1.29 is 9.90 Å². The number of carbonyl (C=O) groups is 1. The average Bonchev–Trinajstić information content (AvgIpc) is 2.52. The predicted octanol–water partition coefficient (Wildman–Crippen LogP) is 0.863. The van der Waals surface area contributed by atoms with Crippen molar-refractivity contribution in [2.45, 2.75) is 51.3 Å². The molecule has 1 heterocycles. The molecule has 4 unspecified atom stereocenters. The molecule has 6 nitrogen and oxygen atoms in total. The number of fused-ring (bicyclic) bond motifs is 4. The molecule has 6 heteroatoms. The molecule has 0 aliphatic heterocycles. The van der Waals surface area contributed by atoms with E-state index < -0.39 is 23.6 Å². The van der Waals surface area contributed by atoms with Crippen LogP contribution in [0.3, 0.4) is 0 Å². The van der Waals surface area contributed by atoms with Gasteiger partial charge in [0.15, 0.2) is 0 Å². The molecule has 1 amide bonds. The number of carbonyl (C=O) groups excluding carboxylic acids is 1. The Balaban J connectivity index is 2.16. The Labute approximate surface area is 146 Å². The topological polar surface area (TPSA) is 108 Å². The van der Waals surface area contributed by atoms with Crippen LogP contribution in [0.5, 0.6) is 0 Å². The number of pyridine rings is 1. The van der Waals surface area contributed by atoms with Gasteiger partial charge in [0.05, 0.1) is 11.6 Å². The van der Waals surface area contributed by atoms with Gasteiger partial charge in [-0.25, -0.2) is 0 Å². The number of H-pyrrole nitrogens is 1. The first kappa shape index (κ1) is 17.6. The Kier molecular flexibility index (Phi) is 4.43. The molecule has 0 fully saturated rings. The van der Waals surface area contributed by atoms with Crippen LogP contribution >= 0.6 is 0 Å². The first-order chi connectivity index (χ1) is 11.8. The number of aromatic nitrogens is 1. The van der Waals surface area contributed by atoms with E-state index in [0.717, 1.165) is 16.8 Å². The molecule has 134 valence electrons. The summed E-state index contributed by atoms with van der Waals surface area (Å²) in [5, 5.41) is 12.8. The van der Waals surface area contributed by atoms with Gasteiger partial charge in [-0.05, 0) is 45.3 Å². The highest BCUT2D eigenvalue weighted by molar-refractivity contribution is 5.84. The number of allylic oxidation sites excluding steroid dienone is 2. The molecule has 0 spiro atoms. The Bertz CT molecular complexity index is 821. The molecular formula is C19H25N3O3. The lowest BCUT2D eigenvalue weighted by atomic mass is 9.63. The largest absolute Gasteiger partial charge is 0.391 e. The minimum atomic E-state index is -1.01. The maximum atomic E-state index is 12.7. The Morgan fingerprint density at radius 3 is 2.88 bits per heavy atom. The summed E-state index contributed by atoms with van der Waals surface area (Å²) in [7, 11) is 0. The molecule has 2 aliphatic rings. The maximum Gasteiger partial charge on any atom is 0.248 e. The summed E-state index contributed by atoms with van der Waals surface area (Å²) >= 11 is 0. The van der Waals surface area contributed by atoms with Gasteiger partial charge in [0, 0.05) is 23.2 Å². The molecule has 2 aliphatic carbocycles. The second kappa shape index (κ2) is 6.28. The third kappa shape index (κ3) is 2.85. The van der Waals surface area contributed by atoms with Gasteiger partial charge < -0.3 is 21.1 Å². The van der Waals surface area contributed by atoms with Crippen LogP contribution in [0.25, 0.3) is 0 Å². The molecule has 1 aromatic rings. The number of nitrogens with one attached hydrogen (secondary N) is 2. The fourth-order valence-corrected chi connectivity index (χ4v) is 4.20. The van der Waals surface area contributed by atoms with Gasteiger partial charge in [0.2, 0.25) is 11.5 Å². The fourth-order valence-electron chi connectivity index (χ4n) is 4.20. The van der Waals surface area contributed by atoms with E-state index in [9.17, 15) is 14.7 Å². The SMILES string of the molecule is C/C=C1\C2C=C(C)CC1(NC(=O)C(N)C(C)O)c1ccc(=O)[nH]c1C2. The zero-order valence-corrected chi connectivity index (χ0v) is 14.8. The first-order valence-electron chi connectivity index (χ1n) is 8.61. The van der Waals surface area contributed by atoms with Gasteiger partial charge in [0.25, 0.3) is 0 Å². The number of amides is 1. The zero-order chi connectivity index (χ0) is 18.4. The van der Waals surface area contributed by atoms with Crippen LogP contribution in [0.4, 0.5) is 0 Å². The van der Waals surface area contributed by atoms with Crippen LogP contribution in [0.1, 0.15) is 38.4 Å². The fraction of sp³-hybridized carbons (Fsp3) is 0.474. The van der Waals surface area contributed by atoms with Crippen molar-refractivity contribution in [2.75, 3.05) is 0 Å². The Hall–Kier alpha value is -2.18. The molecule has 3 rings (SSSR count). The minimum Gasteiger partial charge on any atom is -0.391 e. The molecule has 0 aromatic carbocycles. The van der Waals surface area contributed by atoms with E-state index in [1.54, 1.807) is 6.07 Å². The highest BCUT2D eigenvalue weighted by atomic mass is 16.3. The number of aliphatic hydroxyl groups excluding tert-OH is 1. The third-order valence-corrected chi connectivity index (χ3v) is 5.28. The Morgan fingerprint density at radius 2 is 2.24 bits per heavy atom. The van der Waals surface area contributed by atoms with Crippen molar-refractivity contribution in [2.24, 2.45) is 11.7 Å². The van der Waals surface area contributed by atoms with Crippen LogP contribution in [0.15, 0.2) is 40.2 Å². The molecule has 1 aromatic heterocycles. The standard InChI is InChI=1S/C19H25N3O3/c1-4-13-12-7-10(2)9-19(13,22-18(25)17(20)11(3)23)14-5-6-16(24)21-15(14)8-12/h4-7,11-12,17,23H,8-9,20H2,1-3H3,(H,21,24)(H,22,25)/b13-4+. The van der Waals surface area contributed by atoms with Gasteiger partial charge in [-0.3, -0.25) is 9.59 Å². The molecule has 0 radical (unpaired) electrons. The predicted molar refractivity (Wildman–Crippen MR) is 95.9 cm³/mol.